The molecule has 6 nitrogen and oxygen atoms in total. The number of nitrogens with zero attached hydrogens (tertiary/aromatic N) is 1. The van der Waals surface area contributed by atoms with Crippen LogP contribution in [0.1, 0.15) is 29.0 Å². The third-order valence-electron chi connectivity index (χ3n) is 5.55. The first-order chi connectivity index (χ1) is 15.6. The van der Waals surface area contributed by atoms with E-state index in [9.17, 15) is 4.79 Å². The molecule has 2 N–H and O–H groups in total. The van der Waals surface area contributed by atoms with Crippen molar-refractivity contribution >= 4 is 17.4 Å². The summed E-state index contributed by atoms with van der Waals surface area (Å²) in [6.07, 6.45) is 0.737. The van der Waals surface area contributed by atoms with Crippen molar-refractivity contribution in [3.63, 3.8) is 0 Å². The molecule has 0 heterocycles. The van der Waals surface area contributed by atoms with E-state index in [-0.39, 0.29) is 11.8 Å². The molecule has 6 heteroatoms. The van der Waals surface area contributed by atoms with Crippen LogP contribution in [0.25, 0.3) is 0 Å². The van der Waals surface area contributed by atoms with E-state index >= 15 is 0 Å². The maximum Gasteiger partial charge on any atom is 0.307 e. The fourth-order valence-electron chi connectivity index (χ4n) is 3.65. The number of hydrogen-bond donors (Lipinski definition) is 2. The molecule has 0 saturated heterocycles. The maximum absolute atomic E-state index is 11.0. The van der Waals surface area contributed by atoms with Gasteiger partial charge in [0.1, 0.15) is 25.2 Å². The Bertz CT molecular complexity index is 1060. The molecule has 1 aliphatic rings. The van der Waals surface area contributed by atoms with Gasteiger partial charge in [0.05, 0.1) is 5.92 Å². The summed E-state index contributed by atoms with van der Waals surface area (Å²) in [6.45, 7) is 0.993. The monoisotopic (exact) mass is 430 g/mol. The fourth-order valence-corrected chi connectivity index (χ4v) is 3.65. The van der Waals surface area contributed by atoms with E-state index in [0.29, 0.717) is 13.2 Å². The smallest absolute Gasteiger partial charge is 0.307 e. The molecule has 2 atom stereocenters. The van der Waals surface area contributed by atoms with Crippen LogP contribution in [0.5, 0.6) is 5.75 Å². The van der Waals surface area contributed by atoms with Gasteiger partial charge in [-0.3, -0.25) is 4.79 Å². The first-order valence-electron chi connectivity index (χ1n) is 10.6. The predicted octanol–water partition coefficient (Wildman–Crippen LogP) is 4.92. The van der Waals surface area contributed by atoms with Crippen molar-refractivity contribution in [2.75, 3.05) is 19.0 Å². The quantitative estimate of drug-likeness (QED) is 0.353. The number of ether oxygens (including phenoxy) is 1. The number of rotatable bonds is 10. The Hall–Kier alpha value is -3.80. The first kappa shape index (κ1) is 21.4. The molecule has 1 saturated carbocycles. The number of carboxylic acids is 1. The second-order valence-electron chi connectivity index (χ2n) is 7.78. The molecule has 164 valence electrons. The number of oxime groups is 1. The molecule has 0 radical (unpaired) electrons. The van der Waals surface area contributed by atoms with E-state index in [0.717, 1.165) is 40.3 Å². The summed E-state index contributed by atoms with van der Waals surface area (Å²) in [5, 5.41) is 16.5. The number of carbonyl (C=O) groups is 1. The third-order valence-corrected chi connectivity index (χ3v) is 5.55. The topological polar surface area (TPSA) is 80.2 Å². The molecule has 0 amide bonds. The normalized spacial score (nSPS) is 17.5. The Morgan fingerprint density at radius 1 is 1.03 bits per heavy atom. The first-order valence-corrected chi connectivity index (χ1v) is 10.6. The highest BCUT2D eigenvalue weighted by atomic mass is 16.6. The Morgan fingerprint density at radius 2 is 1.75 bits per heavy atom. The van der Waals surface area contributed by atoms with Crippen molar-refractivity contribution in [3.05, 3.63) is 95.6 Å². The summed E-state index contributed by atoms with van der Waals surface area (Å²) in [6, 6.07) is 25.8. The van der Waals surface area contributed by atoms with Crippen LogP contribution in [-0.4, -0.2) is 30.5 Å². The minimum Gasteiger partial charge on any atom is -0.487 e. The van der Waals surface area contributed by atoms with Crippen LogP contribution < -0.4 is 10.1 Å². The van der Waals surface area contributed by atoms with Crippen LogP contribution in [0.4, 0.5) is 5.69 Å². The Labute approximate surface area is 187 Å². The summed E-state index contributed by atoms with van der Waals surface area (Å²) in [5.74, 6) is -0.00771. The maximum atomic E-state index is 11.0. The van der Waals surface area contributed by atoms with Crippen molar-refractivity contribution in [2.45, 2.75) is 18.9 Å². The van der Waals surface area contributed by atoms with E-state index in [1.165, 1.54) is 7.11 Å². The highest BCUT2D eigenvalue weighted by Gasteiger charge is 2.43. The molecule has 1 fully saturated rings. The molecule has 3 aromatic carbocycles. The largest absolute Gasteiger partial charge is 0.487 e. The molecule has 0 unspecified atom stereocenters. The summed E-state index contributed by atoms with van der Waals surface area (Å²) in [5.41, 5.74) is 4.91. The van der Waals surface area contributed by atoms with Gasteiger partial charge < -0.3 is 20.0 Å². The highest BCUT2D eigenvalue weighted by molar-refractivity contribution is 6.01. The molecule has 32 heavy (non-hydrogen) atoms. The van der Waals surface area contributed by atoms with E-state index in [2.05, 4.69) is 10.5 Å². The third kappa shape index (κ3) is 5.46. The predicted molar refractivity (Wildman–Crippen MR) is 124 cm³/mol. The van der Waals surface area contributed by atoms with Gasteiger partial charge >= 0.3 is 5.97 Å². The molecule has 1 aliphatic carbocycles. The van der Waals surface area contributed by atoms with Crippen molar-refractivity contribution in [2.24, 2.45) is 11.1 Å². The highest BCUT2D eigenvalue weighted by Crippen LogP contribution is 2.47. The lowest BCUT2D eigenvalue weighted by molar-refractivity contribution is -0.138. The molecular weight excluding hydrogens is 404 g/mol. The van der Waals surface area contributed by atoms with E-state index in [4.69, 9.17) is 14.7 Å². The summed E-state index contributed by atoms with van der Waals surface area (Å²) < 4.78 is 5.89. The zero-order valence-electron chi connectivity index (χ0n) is 17.9. The molecule has 0 aromatic heterocycles. The van der Waals surface area contributed by atoms with Crippen molar-refractivity contribution < 1.29 is 19.5 Å². The van der Waals surface area contributed by atoms with Gasteiger partial charge in [-0.1, -0.05) is 59.8 Å². The fraction of sp³-hybridized carbons (Fsp3) is 0.231. The zero-order chi connectivity index (χ0) is 22.3. The molecule has 0 bridgehead atoms. The van der Waals surface area contributed by atoms with Crippen molar-refractivity contribution in [1.82, 2.24) is 0 Å². The van der Waals surface area contributed by atoms with Gasteiger partial charge in [-0.15, -0.1) is 0 Å². The lowest BCUT2D eigenvalue weighted by Gasteiger charge is -2.11. The SMILES string of the molecule is CO/N=C(/COc1ccc(CNc2ccc([C@@H]3C[C@H]3C(=O)O)cc2)cc1)c1ccccc1. The van der Waals surface area contributed by atoms with E-state index in [1.54, 1.807) is 0 Å². The van der Waals surface area contributed by atoms with Gasteiger partial charge in [0, 0.05) is 17.8 Å². The Morgan fingerprint density at radius 3 is 2.38 bits per heavy atom. The van der Waals surface area contributed by atoms with Crippen LogP contribution in [0.2, 0.25) is 0 Å². The minimum absolute atomic E-state index is 0.158. The van der Waals surface area contributed by atoms with Crippen LogP contribution in [0.3, 0.4) is 0 Å². The number of hydrogen-bond acceptors (Lipinski definition) is 5. The van der Waals surface area contributed by atoms with Gasteiger partial charge in [0.15, 0.2) is 0 Å². The van der Waals surface area contributed by atoms with Gasteiger partial charge in [-0.2, -0.15) is 0 Å². The zero-order valence-corrected chi connectivity index (χ0v) is 17.9. The molecule has 0 spiro atoms. The Balaban J connectivity index is 1.27. The number of benzene rings is 3. The summed E-state index contributed by atoms with van der Waals surface area (Å²) >= 11 is 0. The number of carboxylic acid groups (broad SMARTS) is 1. The van der Waals surface area contributed by atoms with Crippen LogP contribution in [0.15, 0.2) is 84.0 Å². The second-order valence-corrected chi connectivity index (χ2v) is 7.78. The minimum atomic E-state index is -0.702. The van der Waals surface area contributed by atoms with Crippen molar-refractivity contribution in [1.29, 1.82) is 0 Å². The van der Waals surface area contributed by atoms with Crippen molar-refractivity contribution in [3.8, 4) is 5.75 Å². The van der Waals surface area contributed by atoms with Crippen LogP contribution >= 0.6 is 0 Å². The van der Waals surface area contributed by atoms with Crippen LogP contribution in [-0.2, 0) is 16.2 Å². The van der Waals surface area contributed by atoms with Gasteiger partial charge in [0.2, 0.25) is 0 Å². The lowest BCUT2D eigenvalue weighted by atomic mass is 10.1. The van der Waals surface area contributed by atoms with E-state index in [1.807, 2.05) is 78.9 Å². The molecule has 0 aliphatic heterocycles. The average Bonchev–Trinajstić information content (AvgIpc) is 3.63. The average molecular weight is 431 g/mol. The standard InChI is InChI=1S/C26H26N2O4/c1-31-28-25(20-5-3-2-4-6-20)17-32-22-13-7-18(8-14-22)16-27-21-11-9-19(10-12-21)23-15-24(23)26(29)30/h2-14,23-24,27H,15-17H2,1H3,(H,29,30)/b28-25-/t23-,24+/m0/s1. The summed E-state index contributed by atoms with van der Waals surface area (Å²) in [4.78, 5) is 16.0. The number of nitrogens with one attached hydrogen (secondary N) is 1. The molecule has 3 aromatic rings. The van der Waals surface area contributed by atoms with Gasteiger partial charge in [-0.05, 0) is 47.7 Å². The summed E-state index contributed by atoms with van der Waals surface area (Å²) in [7, 11) is 1.52. The number of aliphatic carboxylic acids is 1. The Kier molecular flexibility index (Phi) is 6.70. The lowest BCUT2D eigenvalue weighted by Crippen LogP contribution is -2.13. The van der Waals surface area contributed by atoms with Gasteiger partial charge in [-0.25, -0.2) is 0 Å². The molecule has 4 rings (SSSR count). The van der Waals surface area contributed by atoms with Crippen LogP contribution in [0, 0.1) is 5.92 Å². The second kappa shape index (κ2) is 10.0. The number of anilines is 1. The molecular formula is C26H26N2O4. The van der Waals surface area contributed by atoms with Gasteiger partial charge in [0.25, 0.3) is 0 Å². The van der Waals surface area contributed by atoms with E-state index < -0.39 is 5.97 Å².